The van der Waals surface area contributed by atoms with Crippen molar-refractivity contribution < 1.29 is 14.6 Å². The molecule has 0 unspecified atom stereocenters. The van der Waals surface area contributed by atoms with Crippen LogP contribution in [0, 0.1) is 0 Å². The Hall–Kier alpha value is -0.740. The maximum absolute atomic E-state index is 9.66. The van der Waals surface area contributed by atoms with Gasteiger partial charge in [-0.15, -0.1) is 0 Å². The van der Waals surface area contributed by atoms with Crippen molar-refractivity contribution in [1.82, 2.24) is 0 Å². The first-order valence-corrected chi connectivity index (χ1v) is 7.53. The highest BCUT2D eigenvalue weighted by molar-refractivity contribution is 9.10. The van der Waals surface area contributed by atoms with Gasteiger partial charge in [-0.2, -0.15) is 0 Å². The molecule has 2 rings (SSSR count). The Morgan fingerprint density at radius 3 is 2.63 bits per heavy atom. The molecule has 3 nitrogen and oxygen atoms in total. The molecule has 0 spiro atoms. The van der Waals surface area contributed by atoms with Crippen LogP contribution >= 0.6 is 15.9 Å². The number of halogens is 1. The van der Waals surface area contributed by atoms with Crippen LogP contribution in [0.2, 0.25) is 0 Å². The predicted molar refractivity (Wildman–Crippen MR) is 79.2 cm³/mol. The summed E-state index contributed by atoms with van der Waals surface area (Å²) in [6.07, 6.45) is 1.75. The molecule has 0 aromatic heterocycles. The van der Waals surface area contributed by atoms with Crippen LogP contribution < -0.4 is 9.47 Å². The summed E-state index contributed by atoms with van der Waals surface area (Å²) in [5, 5.41) is 9.66. The molecule has 0 amide bonds. The third-order valence-corrected chi connectivity index (χ3v) is 4.14. The van der Waals surface area contributed by atoms with Crippen molar-refractivity contribution >= 4 is 15.9 Å². The minimum atomic E-state index is -0.311. The van der Waals surface area contributed by atoms with Crippen LogP contribution in [0.3, 0.4) is 0 Å². The van der Waals surface area contributed by atoms with E-state index < -0.39 is 0 Å². The van der Waals surface area contributed by atoms with Gasteiger partial charge in [0.15, 0.2) is 11.5 Å². The molecule has 0 saturated heterocycles. The number of ether oxygens (including phenoxy) is 2. The van der Waals surface area contributed by atoms with Gasteiger partial charge in [0.25, 0.3) is 0 Å². The first-order valence-electron chi connectivity index (χ1n) is 6.73. The van der Waals surface area contributed by atoms with Crippen molar-refractivity contribution in [3.8, 4) is 11.5 Å². The molecule has 0 atom stereocenters. The van der Waals surface area contributed by atoms with E-state index in [-0.39, 0.29) is 12.0 Å². The van der Waals surface area contributed by atoms with Crippen LogP contribution in [-0.2, 0) is 11.8 Å². The maximum Gasteiger partial charge on any atom is 0.164 e. The van der Waals surface area contributed by atoms with Gasteiger partial charge >= 0.3 is 0 Å². The molecular weight excluding hydrogens is 308 g/mol. The van der Waals surface area contributed by atoms with Gasteiger partial charge in [0.05, 0.1) is 19.8 Å². The van der Waals surface area contributed by atoms with E-state index >= 15 is 0 Å². The van der Waals surface area contributed by atoms with Gasteiger partial charge < -0.3 is 14.6 Å². The Labute approximate surface area is 123 Å². The van der Waals surface area contributed by atoms with Gasteiger partial charge in [0.1, 0.15) is 0 Å². The summed E-state index contributed by atoms with van der Waals surface area (Å²) >= 11 is 3.62. The van der Waals surface area contributed by atoms with Gasteiger partial charge in [0.2, 0.25) is 0 Å². The zero-order valence-corrected chi connectivity index (χ0v) is 13.3. The first-order chi connectivity index (χ1) is 9.01. The largest absolute Gasteiger partial charge is 0.490 e. The summed E-state index contributed by atoms with van der Waals surface area (Å²) in [4.78, 5) is 0. The van der Waals surface area contributed by atoms with E-state index in [1.807, 2.05) is 19.9 Å². The van der Waals surface area contributed by atoms with Crippen LogP contribution in [0.4, 0.5) is 0 Å². The summed E-state index contributed by atoms with van der Waals surface area (Å²) in [6.45, 7) is 7.64. The fraction of sp³-hybridized carbons (Fsp3) is 0.600. The van der Waals surface area contributed by atoms with Crippen molar-refractivity contribution in [3.05, 3.63) is 21.7 Å². The summed E-state index contributed by atoms with van der Waals surface area (Å²) in [5.74, 6) is 1.65. The van der Waals surface area contributed by atoms with Crippen molar-refractivity contribution in [2.45, 2.75) is 39.0 Å². The highest BCUT2D eigenvalue weighted by atomic mass is 79.9. The van der Waals surface area contributed by atoms with Crippen molar-refractivity contribution in [1.29, 1.82) is 0 Å². The van der Waals surface area contributed by atoms with Crippen molar-refractivity contribution in [3.63, 3.8) is 0 Å². The molecular formula is C15H21BrO3. The molecule has 0 radical (unpaired) electrons. The number of aliphatic hydroxyl groups is 1. The first kappa shape index (κ1) is 14.7. The molecule has 1 heterocycles. The van der Waals surface area contributed by atoms with Crippen LogP contribution in [0.25, 0.3) is 0 Å². The second-order valence-corrected chi connectivity index (χ2v) is 6.34. The van der Waals surface area contributed by atoms with E-state index in [1.165, 1.54) is 0 Å². The Kier molecular flexibility index (Phi) is 4.41. The molecule has 19 heavy (non-hydrogen) atoms. The van der Waals surface area contributed by atoms with Crippen LogP contribution in [0.5, 0.6) is 11.5 Å². The number of fused-ring (bicyclic) bond motifs is 1. The second-order valence-electron chi connectivity index (χ2n) is 5.49. The van der Waals surface area contributed by atoms with Crippen molar-refractivity contribution in [2.24, 2.45) is 0 Å². The smallest absolute Gasteiger partial charge is 0.164 e. The lowest BCUT2D eigenvalue weighted by atomic mass is 9.81. The fourth-order valence-electron chi connectivity index (χ4n) is 2.49. The summed E-state index contributed by atoms with van der Waals surface area (Å²) in [5.41, 5.74) is 1.93. The van der Waals surface area contributed by atoms with E-state index in [0.717, 1.165) is 39.9 Å². The van der Waals surface area contributed by atoms with Crippen LogP contribution in [0.1, 0.15) is 38.3 Å². The second kappa shape index (κ2) is 5.71. The molecule has 1 aliphatic rings. The molecule has 1 aromatic carbocycles. The molecule has 0 fully saturated rings. The predicted octanol–water partition coefficient (Wildman–Crippen LogP) is 3.44. The lowest BCUT2D eigenvalue weighted by molar-refractivity contribution is 0.216. The van der Waals surface area contributed by atoms with E-state index in [4.69, 9.17) is 9.47 Å². The Morgan fingerprint density at radius 2 is 2.00 bits per heavy atom. The van der Waals surface area contributed by atoms with E-state index in [1.54, 1.807) is 0 Å². The van der Waals surface area contributed by atoms with Gasteiger partial charge in [-0.25, -0.2) is 0 Å². The highest BCUT2D eigenvalue weighted by Crippen LogP contribution is 2.44. The molecule has 0 aliphatic carbocycles. The van der Waals surface area contributed by atoms with Gasteiger partial charge in [-0.1, -0.05) is 36.7 Å². The SMILES string of the molecule is CCc1c2c(cc(Br)c1C(C)(C)CO)OCCCO2. The number of benzene rings is 1. The van der Waals surface area contributed by atoms with Gasteiger partial charge in [-0.3, -0.25) is 0 Å². The zero-order chi connectivity index (χ0) is 14.0. The summed E-state index contributed by atoms with van der Waals surface area (Å²) < 4.78 is 12.6. The zero-order valence-electron chi connectivity index (χ0n) is 11.8. The standard InChI is InChI=1S/C15H21BrO3/c1-4-10-13(15(2,3)9-17)11(16)8-12-14(10)19-7-5-6-18-12/h8,17H,4-7,9H2,1-3H3. The maximum atomic E-state index is 9.66. The normalized spacial score (nSPS) is 15.2. The molecule has 106 valence electrons. The lowest BCUT2D eigenvalue weighted by Crippen LogP contribution is -2.25. The van der Waals surface area contributed by atoms with Crippen LogP contribution in [0.15, 0.2) is 10.5 Å². The Morgan fingerprint density at radius 1 is 1.32 bits per heavy atom. The topological polar surface area (TPSA) is 38.7 Å². The van der Waals surface area contributed by atoms with Crippen LogP contribution in [-0.4, -0.2) is 24.9 Å². The number of hydrogen-bond acceptors (Lipinski definition) is 3. The molecule has 1 aromatic rings. The molecule has 1 N–H and O–H groups in total. The molecule has 4 heteroatoms. The molecule has 0 bridgehead atoms. The number of aliphatic hydroxyl groups excluding tert-OH is 1. The monoisotopic (exact) mass is 328 g/mol. The lowest BCUT2D eigenvalue weighted by Gasteiger charge is -2.28. The van der Waals surface area contributed by atoms with E-state index in [9.17, 15) is 5.11 Å². The number of hydrogen-bond donors (Lipinski definition) is 1. The van der Waals surface area contributed by atoms with E-state index in [0.29, 0.717) is 13.2 Å². The quantitative estimate of drug-likeness (QED) is 0.923. The fourth-order valence-corrected chi connectivity index (χ4v) is 3.47. The number of rotatable bonds is 3. The molecule has 0 saturated carbocycles. The third kappa shape index (κ3) is 2.75. The minimum Gasteiger partial charge on any atom is -0.490 e. The third-order valence-electron chi connectivity index (χ3n) is 3.51. The summed E-state index contributed by atoms with van der Waals surface area (Å²) in [6, 6.07) is 1.96. The van der Waals surface area contributed by atoms with Crippen molar-refractivity contribution in [2.75, 3.05) is 19.8 Å². The van der Waals surface area contributed by atoms with E-state index in [2.05, 4.69) is 22.9 Å². The van der Waals surface area contributed by atoms with Gasteiger partial charge in [-0.05, 0) is 18.1 Å². The Balaban J connectivity index is 2.64. The Bertz CT molecular complexity index is 469. The minimum absolute atomic E-state index is 0.0955. The average molecular weight is 329 g/mol. The highest BCUT2D eigenvalue weighted by Gasteiger charge is 2.29. The average Bonchev–Trinajstić information content (AvgIpc) is 2.61. The molecule has 1 aliphatic heterocycles. The summed E-state index contributed by atoms with van der Waals surface area (Å²) in [7, 11) is 0. The van der Waals surface area contributed by atoms with Gasteiger partial charge in [0, 0.05) is 21.9 Å².